The van der Waals surface area contributed by atoms with Crippen molar-refractivity contribution in [1.29, 1.82) is 0 Å². The van der Waals surface area contributed by atoms with Gasteiger partial charge in [0.15, 0.2) is 11.5 Å². The molecule has 1 amide bonds. The quantitative estimate of drug-likeness (QED) is 0.834. The lowest BCUT2D eigenvalue weighted by Crippen LogP contribution is -2.49. The number of nitrogens with one attached hydrogen (secondary N) is 1. The van der Waals surface area contributed by atoms with Crippen LogP contribution in [0.2, 0.25) is 0 Å². The summed E-state index contributed by atoms with van der Waals surface area (Å²) in [6.45, 7) is 4.75. The number of para-hydroxylation sites is 1. The summed E-state index contributed by atoms with van der Waals surface area (Å²) in [6.07, 6.45) is 3.48. The minimum atomic E-state index is -0.354. The molecule has 0 aromatic heterocycles. The zero-order valence-corrected chi connectivity index (χ0v) is 14.7. The van der Waals surface area contributed by atoms with Gasteiger partial charge in [-0.05, 0) is 25.0 Å². The Hall–Kier alpha value is -1.72. The molecule has 1 heterocycles. The predicted octanol–water partition coefficient (Wildman–Crippen LogP) is 2.53. The number of rotatable bonds is 6. The van der Waals surface area contributed by atoms with Gasteiger partial charge < -0.3 is 20.5 Å². The normalized spacial score (nSPS) is 13.1. The van der Waals surface area contributed by atoms with Crippen molar-refractivity contribution in [2.75, 3.05) is 20.3 Å². The lowest BCUT2D eigenvalue weighted by molar-refractivity contribution is -0.118. The zero-order chi connectivity index (χ0) is 16.2. The Labute approximate surface area is 143 Å². The fourth-order valence-corrected chi connectivity index (χ4v) is 2.34. The Balaban J connectivity index is 0.00000264. The van der Waals surface area contributed by atoms with Gasteiger partial charge in [-0.2, -0.15) is 0 Å². The Morgan fingerprint density at radius 3 is 2.70 bits per heavy atom. The minimum absolute atomic E-state index is 0. The van der Waals surface area contributed by atoms with Crippen molar-refractivity contribution in [3.8, 4) is 11.5 Å². The number of amides is 1. The largest absolute Gasteiger partial charge is 0.493 e. The number of hydrogen-bond acceptors (Lipinski definition) is 4. The summed E-state index contributed by atoms with van der Waals surface area (Å²) in [7, 11) is 1.60. The molecule has 5 nitrogen and oxygen atoms in total. The zero-order valence-electron chi connectivity index (χ0n) is 13.8. The van der Waals surface area contributed by atoms with Crippen LogP contribution < -0.4 is 20.5 Å². The highest BCUT2D eigenvalue weighted by atomic mass is 35.5. The van der Waals surface area contributed by atoms with Crippen LogP contribution in [0.3, 0.4) is 0 Å². The number of fused-ring (bicyclic) bond motifs is 1. The Bertz CT molecular complexity index is 583. The topological polar surface area (TPSA) is 73.6 Å². The molecule has 6 heteroatoms. The number of methoxy groups -OCH3 is 1. The summed E-state index contributed by atoms with van der Waals surface area (Å²) in [4.78, 5) is 12.3. The molecule has 1 aliphatic rings. The number of hydrogen-bond donors (Lipinski definition) is 2. The summed E-state index contributed by atoms with van der Waals surface area (Å²) in [5.41, 5.74) is 7.29. The summed E-state index contributed by atoms with van der Waals surface area (Å²) >= 11 is 0. The van der Waals surface area contributed by atoms with Crippen molar-refractivity contribution in [2.45, 2.75) is 32.2 Å². The van der Waals surface area contributed by atoms with Crippen LogP contribution in [-0.2, 0) is 4.79 Å². The highest BCUT2D eigenvalue weighted by molar-refractivity contribution is 5.99. The Morgan fingerprint density at radius 2 is 2.09 bits per heavy atom. The molecule has 23 heavy (non-hydrogen) atoms. The van der Waals surface area contributed by atoms with Crippen LogP contribution in [0, 0.1) is 0 Å². The van der Waals surface area contributed by atoms with E-state index in [1.807, 2.05) is 38.1 Å². The van der Waals surface area contributed by atoms with Crippen molar-refractivity contribution >= 4 is 24.4 Å². The van der Waals surface area contributed by atoms with Crippen LogP contribution in [0.1, 0.15) is 32.3 Å². The summed E-state index contributed by atoms with van der Waals surface area (Å²) in [5.74, 6) is 1.22. The van der Waals surface area contributed by atoms with Crippen LogP contribution in [0.5, 0.6) is 11.5 Å². The number of benzene rings is 1. The highest BCUT2D eigenvalue weighted by Crippen LogP contribution is 2.35. The molecule has 0 saturated carbocycles. The molecule has 0 bridgehead atoms. The number of halogens is 1. The first-order valence-corrected chi connectivity index (χ1v) is 7.60. The first-order chi connectivity index (χ1) is 10.5. The third-order valence-corrected chi connectivity index (χ3v) is 4.23. The van der Waals surface area contributed by atoms with Crippen molar-refractivity contribution in [3.63, 3.8) is 0 Å². The average molecular weight is 341 g/mol. The summed E-state index contributed by atoms with van der Waals surface area (Å²) in [6, 6.07) is 5.61. The van der Waals surface area contributed by atoms with Gasteiger partial charge in [-0.1, -0.05) is 26.0 Å². The molecule has 0 spiro atoms. The van der Waals surface area contributed by atoms with Gasteiger partial charge in [-0.25, -0.2) is 0 Å². The van der Waals surface area contributed by atoms with Gasteiger partial charge >= 0.3 is 0 Å². The van der Waals surface area contributed by atoms with E-state index in [1.165, 1.54) is 0 Å². The van der Waals surface area contributed by atoms with E-state index in [1.54, 1.807) is 7.11 Å². The molecular formula is C17H25ClN2O3. The predicted molar refractivity (Wildman–Crippen MR) is 94.2 cm³/mol. The molecule has 2 rings (SSSR count). The second kappa shape index (κ2) is 8.22. The molecule has 1 aromatic rings. The highest BCUT2D eigenvalue weighted by Gasteiger charge is 2.24. The number of ether oxygens (including phenoxy) is 2. The summed E-state index contributed by atoms with van der Waals surface area (Å²) in [5, 5.41) is 2.91. The first-order valence-electron chi connectivity index (χ1n) is 7.60. The van der Waals surface area contributed by atoms with Crippen LogP contribution in [0.15, 0.2) is 23.8 Å². The van der Waals surface area contributed by atoms with Crippen LogP contribution in [0.25, 0.3) is 6.08 Å². The molecule has 1 aromatic carbocycles. The Kier molecular flexibility index (Phi) is 6.91. The smallest absolute Gasteiger partial charge is 0.250 e. The van der Waals surface area contributed by atoms with Gasteiger partial charge in [0, 0.05) is 17.6 Å². The second-order valence-electron chi connectivity index (χ2n) is 5.59. The van der Waals surface area contributed by atoms with Gasteiger partial charge in [0.05, 0.1) is 12.7 Å². The fraction of sp³-hybridized carbons (Fsp3) is 0.471. The fourth-order valence-electron chi connectivity index (χ4n) is 2.34. The molecule has 1 aliphatic heterocycles. The van der Waals surface area contributed by atoms with Crippen molar-refractivity contribution in [1.82, 2.24) is 5.32 Å². The molecule has 0 fully saturated rings. The Morgan fingerprint density at radius 1 is 1.39 bits per heavy atom. The average Bonchev–Trinajstić information content (AvgIpc) is 2.58. The van der Waals surface area contributed by atoms with E-state index in [9.17, 15) is 4.79 Å². The van der Waals surface area contributed by atoms with E-state index in [-0.39, 0.29) is 30.5 Å². The van der Waals surface area contributed by atoms with E-state index in [4.69, 9.17) is 15.2 Å². The molecule has 0 radical (unpaired) electrons. The van der Waals surface area contributed by atoms with Crippen LogP contribution in [-0.4, -0.2) is 31.7 Å². The van der Waals surface area contributed by atoms with E-state index < -0.39 is 0 Å². The number of carbonyl (C=O) groups is 1. The van der Waals surface area contributed by atoms with Gasteiger partial charge in [0.2, 0.25) is 0 Å². The molecule has 0 aliphatic carbocycles. The molecule has 128 valence electrons. The van der Waals surface area contributed by atoms with Crippen molar-refractivity contribution < 1.29 is 14.3 Å². The maximum Gasteiger partial charge on any atom is 0.250 e. The third-order valence-electron chi connectivity index (χ3n) is 4.23. The summed E-state index contributed by atoms with van der Waals surface area (Å²) < 4.78 is 10.9. The van der Waals surface area contributed by atoms with Gasteiger partial charge in [-0.15, -0.1) is 12.4 Å². The van der Waals surface area contributed by atoms with E-state index >= 15 is 0 Å². The maximum atomic E-state index is 12.3. The van der Waals surface area contributed by atoms with E-state index in [0.29, 0.717) is 23.6 Å². The van der Waals surface area contributed by atoms with Gasteiger partial charge in [0.1, 0.15) is 6.61 Å². The second-order valence-corrected chi connectivity index (χ2v) is 5.59. The lowest BCUT2D eigenvalue weighted by atomic mass is 9.94. The standard InChI is InChI=1S/C17H24N2O3.ClH/c1-4-17(18,5-2)11-19-16(20)13-9-12-7-6-8-14(21-3)15(12)22-10-13;/h6-9H,4-5,10-11,18H2,1-3H3,(H,19,20);1H. The van der Waals surface area contributed by atoms with Crippen molar-refractivity contribution in [3.05, 3.63) is 29.3 Å². The first kappa shape index (κ1) is 19.3. The van der Waals surface area contributed by atoms with Crippen molar-refractivity contribution in [2.24, 2.45) is 5.73 Å². The van der Waals surface area contributed by atoms with Crippen LogP contribution >= 0.6 is 12.4 Å². The third kappa shape index (κ3) is 4.39. The lowest BCUT2D eigenvalue weighted by Gasteiger charge is -2.27. The number of carbonyl (C=O) groups excluding carboxylic acids is 1. The molecule has 0 saturated heterocycles. The van der Waals surface area contributed by atoms with E-state index in [2.05, 4.69) is 5.32 Å². The number of nitrogens with two attached hydrogens (primary N) is 1. The molecule has 0 unspecified atom stereocenters. The molecular weight excluding hydrogens is 316 g/mol. The van der Waals surface area contributed by atoms with Gasteiger partial charge in [0.25, 0.3) is 5.91 Å². The maximum absolute atomic E-state index is 12.3. The monoisotopic (exact) mass is 340 g/mol. The molecule has 3 N–H and O–H groups in total. The van der Waals surface area contributed by atoms with Gasteiger partial charge in [-0.3, -0.25) is 4.79 Å². The van der Waals surface area contributed by atoms with E-state index in [0.717, 1.165) is 18.4 Å². The molecule has 0 atom stereocenters. The SMILES string of the molecule is CCC(N)(CC)CNC(=O)C1=Cc2cccc(OC)c2OC1.Cl. The minimum Gasteiger partial charge on any atom is -0.493 e. The van der Waals surface area contributed by atoms with Crippen LogP contribution in [0.4, 0.5) is 0 Å².